The maximum Gasteiger partial charge on any atom is 0.127 e. The van der Waals surface area contributed by atoms with Gasteiger partial charge in [0.1, 0.15) is 5.75 Å². The van der Waals surface area contributed by atoms with E-state index in [1.165, 1.54) is 44.7 Å². The zero-order valence-electron chi connectivity index (χ0n) is 15.4. The molecule has 1 saturated heterocycles. The van der Waals surface area contributed by atoms with E-state index in [1.54, 1.807) is 7.11 Å². The second kappa shape index (κ2) is 6.64. The Morgan fingerprint density at radius 2 is 1.64 bits per heavy atom. The summed E-state index contributed by atoms with van der Waals surface area (Å²) >= 11 is 0. The number of hydrogen-bond donors (Lipinski definition) is 1. The summed E-state index contributed by atoms with van der Waals surface area (Å²) in [5.41, 5.74) is 10.6. The monoisotopic (exact) mass is 334 g/mol. The number of aromatic nitrogens is 1. The van der Waals surface area contributed by atoms with Gasteiger partial charge in [-0.05, 0) is 80.9 Å². The van der Waals surface area contributed by atoms with E-state index in [2.05, 4.69) is 37.4 Å². The van der Waals surface area contributed by atoms with Crippen LogP contribution in [0, 0.1) is 13.8 Å². The molecule has 0 amide bonds. The first-order valence-electron chi connectivity index (χ1n) is 9.24. The molecule has 3 heteroatoms. The zero-order valence-corrected chi connectivity index (χ0v) is 15.4. The third-order valence-electron chi connectivity index (χ3n) is 5.36. The average molecular weight is 334 g/mol. The highest BCUT2D eigenvalue weighted by Gasteiger charge is 2.26. The van der Waals surface area contributed by atoms with Crippen LogP contribution < -0.4 is 10.1 Å². The molecule has 1 fully saturated rings. The zero-order chi connectivity index (χ0) is 17.4. The van der Waals surface area contributed by atoms with Gasteiger partial charge in [-0.1, -0.05) is 17.7 Å². The van der Waals surface area contributed by atoms with Crippen molar-refractivity contribution < 1.29 is 4.74 Å². The summed E-state index contributed by atoms with van der Waals surface area (Å²) in [7, 11) is 1.79. The molecule has 1 aliphatic carbocycles. The summed E-state index contributed by atoms with van der Waals surface area (Å²) in [6.45, 7) is 6.38. The number of pyridine rings is 1. The second-order valence-corrected chi connectivity index (χ2v) is 7.25. The molecule has 0 radical (unpaired) electrons. The van der Waals surface area contributed by atoms with E-state index in [4.69, 9.17) is 9.72 Å². The highest BCUT2D eigenvalue weighted by Crippen LogP contribution is 2.42. The van der Waals surface area contributed by atoms with Crippen LogP contribution in [0.15, 0.2) is 30.0 Å². The quantitative estimate of drug-likeness (QED) is 0.856. The van der Waals surface area contributed by atoms with Crippen molar-refractivity contribution in [1.29, 1.82) is 0 Å². The Bertz CT molecular complexity index is 843. The average Bonchev–Trinajstić information content (AvgIpc) is 2.78. The third kappa shape index (κ3) is 2.98. The molecule has 1 N–H and O–H groups in total. The van der Waals surface area contributed by atoms with Crippen LogP contribution in [0.5, 0.6) is 5.75 Å². The van der Waals surface area contributed by atoms with Crippen LogP contribution in [0.2, 0.25) is 0 Å². The van der Waals surface area contributed by atoms with Crippen LogP contribution in [0.1, 0.15) is 46.4 Å². The molecule has 3 nitrogen and oxygen atoms in total. The minimum atomic E-state index is 0.992. The molecule has 2 aliphatic rings. The molecule has 1 aliphatic heterocycles. The van der Waals surface area contributed by atoms with E-state index in [1.807, 2.05) is 6.20 Å². The number of rotatable bonds is 1. The Morgan fingerprint density at radius 1 is 0.920 bits per heavy atom. The first-order chi connectivity index (χ1) is 12.2. The maximum atomic E-state index is 5.83. The Balaban J connectivity index is 2.03. The number of benzene rings is 1. The predicted octanol–water partition coefficient (Wildman–Crippen LogP) is 3.99. The number of nitrogens with zero attached hydrogens (tertiary/aromatic N) is 1. The first kappa shape index (κ1) is 16.3. The lowest BCUT2D eigenvalue weighted by atomic mass is 9.87. The summed E-state index contributed by atoms with van der Waals surface area (Å²) in [4.78, 5) is 4.90. The molecule has 0 unspecified atom stereocenters. The van der Waals surface area contributed by atoms with Gasteiger partial charge in [-0.25, -0.2) is 0 Å². The van der Waals surface area contributed by atoms with Gasteiger partial charge in [0.2, 0.25) is 0 Å². The van der Waals surface area contributed by atoms with E-state index in [9.17, 15) is 0 Å². The molecule has 2 heterocycles. The number of aryl methyl sites for hydroxylation is 4. The lowest BCUT2D eigenvalue weighted by molar-refractivity contribution is 0.412. The van der Waals surface area contributed by atoms with Crippen molar-refractivity contribution in [2.24, 2.45) is 0 Å². The third-order valence-corrected chi connectivity index (χ3v) is 5.36. The Labute approximate surface area is 150 Å². The van der Waals surface area contributed by atoms with Crippen molar-refractivity contribution >= 4 is 5.57 Å². The number of nitrogens with one attached hydrogen (secondary N) is 1. The maximum absolute atomic E-state index is 5.83. The van der Waals surface area contributed by atoms with Crippen LogP contribution in [-0.2, 0) is 12.8 Å². The van der Waals surface area contributed by atoms with E-state index >= 15 is 0 Å². The minimum absolute atomic E-state index is 0.992. The highest BCUT2D eigenvalue weighted by atomic mass is 16.5. The minimum Gasteiger partial charge on any atom is -0.496 e. The molecule has 0 spiro atoms. The van der Waals surface area contributed by atoms with Gasteiger partial charge >= 0.3 is 0 Å². The molecule has 2 aromatic rings. The molecular formula is C22H26N2O. The van der Waals surface area contributed by atoms with Crippen molar-refractivity contribution in [1.82, 2.24) is 10.3 Å². The Kier molecular flexibility index (Phi) is 4.34. The molecular weight excluding hydrogens is 308 g/mol. The highest BCUT2D eigenvalue weighted by molar-refractivity contribution is 5.87. The number of methoxy groups -OCH3 is 1. The largest absolute Gasteiger partial charge is 0.496 e. The van der Waals surface area contributed by atoms with Crippen LogP contribution in [0.3, 0.4) is 0 Å². The molecule has 130 valence electrons. The normalized spacial score (nSPS) is 16.9. The van der Waals surface area contributed by atoms with Crippen molar-refractivity contribution in [3.63, 3.8) is 0 Å². The van der Waals surface area contributed by atoms with Crippen molar-refractivity contribution in [3.05, 3.63) is 63.5 Å². The summed E-state index contributed by atoms with van der Waals surface area (Å²) in [5.74, 6) is 0.992. The SMILES string of the molecule is COc1cc(C)cc2c1C(=C1CCNCC1)c1ncc(C)cc1CC2. The molecule has 25 heavy (non-hydrogen) atoms. The Hall–Kier alpha value is -2.13. The first-order valence-corrected chi connectivity index (χ1v) is 9.24. The summed E-state index contributed by atoms with van der Waals surface area (Å²) < 4.78 is 5.83. The summed E-state index contributed by atoms with van der Waals surface area (Å²) in [5, 5.41) is 3.48. The smallest absolute Gasteiger partial charge is 0.127 e. The van der Waals surface area contributed by atoms with Gasteiger partial charge in [-0.2, -0.15) is 0 Å². The molecule has 4 rings (SSSR count). The topological polar surface area (TPSA) is 34.1 Å². The standard InChI is InChI=1S/C22H26N2O/c1-14-10-17-4-5-18-11-15(2)13-24-22(18)21(16-6-8-23-9-7-16)20(17)19(12-14)25-3/h10-13,23H,4-9H2,1-3H3. The van der Waals surface area contributed by atoms with Gasteiger partial charge < -0.3 is 10.1 Å². The molecule has 1 aromatic heterocycles. The van der Waals surface area contributed by atoms with Gasteiger partial charge in [0, 0.05) is 17.3 Å². The molecule has 0 saturated carbocycles. The van der Waals surface area contributed by atoms with E-state index < -0.39 is 0 Å². The van der Waals surface area contributed by atoms with Crippen LogP contribution in [0.4, 0.5) is 0 Å². The van der Waals surface area contributed by atoms with E-state index in [0.717, 1.165) is 44.5 Å². The van der Waals surface area contributed by atoms with Crippen molar-refractivity contribution in [2.45, 2.75) is 39.5 Å². The lowest BCUT2D eigenvalue weighted by Gasteiger charge is -2.23. The Morgan fingerprint density at radius 3 is 2.40 bits per heavy atom. The fourth-order valence-corrected chi connectivity index (χ4v) is 4.22. The fourth-order valence-electron chi connectivity index (χ4n) is 4.22. The van der Waals surface area contributed by atoms with Gasteiger partial charge in [-0.3, -0.25) is 4.98 Å². The lowest BCUT2D eigenvalue weighted by Crippen LogP contribution is -2.24. The van der Waals surface area contributed by atoms with Crippen LogP contribution in [0.25, 0.3) is 5.57 Å². The predicted molar refractivity (Wildman–Crippen MR) is 102 cm³/mol. The number of fused-ring (bicyclic) bond motifs is 2. The van der Waals surface area contributed by atoms with Gasteiger partial charge in [0.05, 0.1) is 12.8 Å². The van der Waals surface area contributed by atoms with Gasteiger partial charge in [-0.15, -0.1) is 0 Å². The fraction of sp³-hybridized carbons (Fsp3) is 0.409. The number of piperidine rings is 1. The van der Waals surface area contributed by atoms with E-state index in [0.29, 0.717) is 0 Å². The molecule has 0 atom stereocenters. The number of ether oxygens (including phenoxy) is 1. The van der Waals surface area contributed by atoms with Gasteiger partial charge in [0.25, 0.3) is 0 Å². The molecule has 1 aromatic carbocycles. The summed E-state index contributed by atoms with van der Waals surface area (Å²) in [6, 6.07) is 6.81. The van der Waals surface area contributed by atoms with Crippen molar-refractivity contribution in [3.8, 4) is 5.75 Å². The number of hydrogen-bond acceptors (Lipinski definition) is 3. The van der Waals surface area contributed by atoms with E-state index in [-0.39, 0.29) is 0 Å². The summed E-state index contributed by atoms with van der Waals surface area (Å²) in [6.07, 6.45) is 6.26. The van der Waals surface area contributed by atoms with Crippen LogP contribution >= 0.6 is 0 Å². The van der Waals surface area contributed by atoms with Gasteiger partial charge in [0.15, 0.2) is 0 Å². The molecule has 0 bridgehead atoms. The van der Waals surface area contributed by atoms with Crippen molar-refractivity contribution in [2.75, 3.05) is 20.2 Å². The van der Waals surface area contributed by atoms with Crippen LogP contribution in [-0.4, -0.2) is 25.2 Å². The second-order valence-electron chi connectivity index (χ2n) is 7.25.